The zero-order valence-corrected chi connectivity index (χ0v) is 16.2. The van der Waals surface area contributed by atoms with Crippen LogP contribution in [0.5, 0.6) is 11.5 Å². The first-order valence-electron chi connectivity index (χ1n) is 4.91. The van der Waals surface area contributed by atoms with Gasteiger partial charge >= 0.3 is 71.1 Å². The molecule has 9 heteroatoms. The van der Waals surface area contributed by atoms with E-state index < -0.39 is 23.4 Å². The van der Waals surface area contributed by atoms with Gasteiger partial charge in [0, 0.05) is 0 Å². The second-order valence-electron chi connectivity index (χ2n) is 2.90. The SMILES string of the molecule is CCOC(=O)c1sc(C(=O)OCC)c(O)c1O.[H-].[H-].[Na+].[Na+]. The maximum Gasteiger partial charge on any atom is 1.00 e. The number of thiophene rings is 1. The molecule has 0 amide bonds. The van der Waals surface area contributed by atoms with E-state index in [0.29, 0.717) is 11.3 Å². The number of rotatable bonds is 4. The third kappa shape index (κ3) is 5.26. The van der Waals surface area contributed by atoms with Crippen molar-refractivity contribution >= 4 is 23.3 Å². The Bertz CT molecular complexity index is 417. The molecule has 1 aromatic heterocycles. The van der Waals surface area contributed by atoms with Gasteiger partial charge in [-0.3, -0.25) is 0 Å². The van der Waals surface area contributed by atoms with Crippen LogP contribution in [-0.4, -0.2) is 35.4 Å². The molecule has 0 aliphatic carbocycles. The summed E-state index contributed by atoms with van der Waals surface area (Å²) in [5.41, 5.74) is 0. The predicted molar refractivity (Wildman–Crippen MR) is 61.8 cm³/mol. The Labute approximate surface area is 161 Å². The van der Waals surface area contributed by atoms with Gasteiger partial charge in [-0.1, -0.05) is 0 Å². The van der Waals surface area contributed by atoms with Crippen molar-refractivity contribution < 1.29 is 91.2 Å². The molecule has 0 aromatic carbocycles. The van der Waals surface area contributed by atoms with Crippen LogP contribution < -0.4 is 59.1 Å². The van der Waals surface area contributed by atoms with Crippen LogP contribution in [0.15, 0.2) is 0 Å². The zero-order valence-electron chi connectivity index (χ0n) is 13.3. The molecular weight excluding hydrogens is 294 g/mol. The van der Waals surface area contributed by atoms with Gasteiger partial charge in [0.2, 0.25) is 0 Å². The third-order valence-electron chi connectivity index (χ3n) is 1.78. The molecule has 98 valence electrons. The van der Waals surface area contributed by atoms with E-state index >= 15 is 0 Å². The van der Waals surface area contributed by atoms with Crippen LogP contribution in [0.2, 0.25) is 0 Å². The number of ether oxygens (including phenoxy) is 2. The molecule has 0 spiro atoms. The summed E-state index contributed by atoms with van der Waals surface area (Å²) in [4.78, 5) is 22.3. The van der Waals surface area contributed by atoms with E-state index in [4.69, 9.17) is 0 Å². The van der Waals surface area contributed by atoms with Crippen molar-refractivity contribution in [1.82, 2.24) is 0 Å². The second kappa shape index (κ2) is 10.0. The quantitative estimate of drug-likeness (QED) is 0.432. The fraction of sp³-hybridized carbons (Fsp3) is 0.400. The smallest absolute Gasteiger partial charge is 1.00 e. The summed E-state index contributed by atoms with van der Waals surface area (Å²) >= 11 is 0.633. The molecule has 1 heterocycles. The zero-order chi connectivity index (χ0) is 13.0. The fourth-order valence-corrected chi connectivity index (χ4v) is 1.96. The van der Waals surface area contributed by atoms with E-state index in [1.165, 1.54) is 0 Å². The average molecular weight is 308 g/mol. The van der Waals surface area contributed by atoms with Crippen molar-refractivity contribution in [2.75, 3.05) is 13.2 Å². The Hall–Kier alpha value is 0.240. The molecule has 0 unspecified atom stereocenters. The van der Waals surface area contributed by atoms with E-state index in [0.717, 1.165) is 0 Å². The fourth-order valence-electron chi connectivity index (χ4n) is 1.08. The second-order valence-corrected chi connectivity index (χ2v) is 3.92. The molecular formula is C10H14Na2O6S. The Morgan fingerprint density at radius 2 is 1.32 bits per heavy atom. The van der Waals surface area contributed by atoms with E-state index in [-0.39, 0.29) is 84.9 Å². The van der Waals surface area contributed by atoms with E-state index in [1.54, 1.807) is 13.8 Å². The van der Waals surface area contributed by atoms with Crippen LogP contribution in [0.4, 0.5) is 0 Å². The summed E-state index contributed by atoms with van der Waals surface area (Å²) < 4.78 is 9.33. The normalized spacial score (nSPS) is 8.95. The summed E-state index contributed by atoms with van der Waals surface area (Å²) in [5.74, 6) is -2.89. The molecule has 19 heavy (non-hydrogen) atoms. The van der Waals surface area contributed by atoms with Gasteiger partial charge in [0.1, 0.15) is 0 Å². The molecule has 0 aliphatic rings. The van der Waals surface area contributed by atoms with Crippen LogP contribution in [0, 0.1) is 0 Å². The summed E-state index contributed by atoms with van der Waals surface area (Å²) in [5, 5.41) is 19.0. The van der Waals surface area contributed by atoms with Crippen LogP contribution in [-0.2, 0) is 9.47 Å². The van der Waals surface area contributed by atoms with Crippen molar-refractivity contribution in [3.63, 3.8) is 0 Å². The Balaban J connectivity index is -0.000000361. The molecule has 6 nitrogen and oxygen atoms in total. The molecule has 0 radical (unpaired) electrons. The van der Waals surface area contributed by atoms with Crippen molar-refractivity contribution in [3.8, 4) is 11.5 Å². The number of aromatic hydroxyl groups is 2. The molecule has 0 aliphatic heterocycles. The van der Waals surface area contributed by atoms with Gasteiger partial charge in [0.15, 0.2) is 21.3 Å². The largest absolute Gasteiger partial charge is 1.00 e. The number of hydrogen-bond donors (Lipinski definition) is 2. The number of esters is 2. The summed E-state index contributed by atoms with van der Waals surface area (Å²) in [6.07, 6.45) is 0. The van der Waals surface area contributed by atoms with Crippen molar-refractivity contribution in [1.29, 1.82) is 0 Å². The molecule has 0 atom stereocenters. The van der Waals surface area contributed by atoms with Crippen molar-refractivity contribution in [2.45, 2.75) is 13.8 Å². The molecule has 1 aromatic rings. The Kier molecular flexibility index (Phi) is 11.4. The molecule has 1 rings (SSSR count). The van der Waals surface area contributed by atoms with Crippen molar-refractivity contribution in [3.05, 3.63) is 9.75 Å². The Morgan fingerprint density at radius 3 is 1.58 bits per heavy atom. The van der Waals surface area contributed by atoms with Gasteiger partial charge in [0.25, 0.3) is 0 Å². The van der Waals surface area contributed by atoms with Gasteiger partial charge in [-0.05, 0) is 13.8 Å². The summed E-state index contributed by atoms with van der Waals surface area (Å²) in [6.45, 7) is 3.47. The number of carbonyl (C=O) groups is 2. The minimum Gasteiger partial charge on any atom is -1.00 e. The van der Waals surface area contributed by atoms with Crippen LogP contribution in [0.1, 0.15) is 36.0 Å². The topological polar surface area (TPSA) is 93.1 Å². The molecule has 0 bridgehead atoms. The molecule has 0 saturated heterocycles. The van der Waals surface area contributed by atoms with E-state index in [2.05, 4.69) is 9.47 Å². The summed E-state index contributed by atoms with van der Waals surface area (Å²) in [7, 11) is 0. The standard InChI is InChI=1S/C10H12O6S.2Na.2H/c1-3-15-9(13)7-5(11)6(12)8(17-7)10(14)16-4-2;;;;/h11-12H,3-4H2,1-2H3;;;;/q;2*+1;2*-1. The average Bonchev–Trinajstić information content (AvgIpc) is 2.57. The predicted octanol–water partition coefficient (Wildman–Crippen LogP) is -4.25. The maximum atomic E-state index is 11.4. The number of carbonyl (C=O) groups excluding carboxylic acids is 2. The number of hydrogen-bond acceptors (Lipinski definition) is 7. The van der Waals surface area contributed by atoms with E-state index in [1.807, 2.05) is 0 Å². The minimum atomic E-state index is -0.791. The van der Waals surface area contributed by atoms with Gasteiger partial charge in [-0.2, -0.15) is 0 Å². The van der Waals surface area contributed by atoms with Crippen LogP contribution in [0.25, 0.3) is 0 Å². The van der Waals surface area contributed by atoms with Gasteiger partial charge < -0.3 is 22.5 Å². The Morgan fingerprint density at radius 1 is 1.00 bits per heavy atom. The van der Waals surface area contributed by atoms with Gasteiger partial charge in [-0.25, -0.2) is 9.59 Å². The first kappa shape index (κ1) is 21.5. The monoisotopic (exact) mass is 308 g/mol. The molecule has 0 saturated carbocycles. The van der Waals surface area contributed by atoms with Crippen LogP contribution in [0.3, 0.4) is 0 Å². The molecule has 0 fully saturated rings. The van der Waals surface area contributed by atoms with Crippen LogP contribution >= 0.6 is 11.3 Å². The molecule has 2 N–H and O–H groups in total. The third-order valence-corrected chi connectivity index (χ3v) is 2.91. The van der Waals surface area contributed by atoms with Gasteiger partial charge in [0.05, 0.1) is 13.2 Å². The summed E-state index contributed by atoms with van der Waals surface area (Å²) in [6, 6.07) is 0. The first-order chi connectivity index (χ1) is 8.02. The van der Waals surface area contributed by atoms with E-state index in [9.17, 15) is 19.8 Å². The first-order valence-corrected chi connectivity index (χ1v) is 5.73. The maximum absolute atomic E-state index is 11.4. The van der Waals surface area contributed by atoms with Crippen molar-refractivity contribution in [2.24, 2.45) is 0 Å². The van der Waals surface area contributed by atoms with Gasteiger partial charge in [-0.15, -0.1) is 11.3 Å². The minimum absolute atomic E-state index is 0.